The Balaban J connectivity index is 2.44. The normalized spacial score (nSPS) is 23.1. The van der Waals surface area contributed by atoms with Gasteiger partial charge in [0.15, 0.2) is 0 Å². The minimum atomic E-state index is -1.13. The van der Waals surface area contributed by atoms with E-state index in [1.165, 1.54) is 0 Å². The van der Waals surface area contributed by atoms with Crippen LogP contribution in [0.2, 0.25) is 0 Å². The number of carbonyl (C=O) groups excluding carboxylic acids is 1. The molecule has 2 unspecified atom stereocenters. The summed E-state index contributed by atoms with van der Waals surface area (Å²) in [6, 6.07) is -0.924. The number of hydrogen-bond acceptors (Lipinski definition) is 4. The number of rotatable bonds is 4. The third-order valence-electron chi connectivity index (χ3n) is 3.02. The van der Waals surface area contributed by atoms with Gasteiger partial charge in [-0.3, -0.25) is 9.59 Å². The molecule has 1 aliphatic rings. The monoisotopic (exact) mass is 229 g/mol. The Bertz CT molecular complexity index is 282. The number of hydrogen-bond donors (Lipinski definition) is 2. The van der Waals surface area contributed by atoms with Crippen LogP contribution in [-0.2, 0) is 9.59 Å². The van der Waals surface area contributed by atoms with Gasteiger partial charge in [0.1, 0.15) is 6.04 Å². The lowest BCUT2D eigenvalue weighted by Crippen LogP contribution is -2.43. The van der Waals surface area contributed by atoms with Crippen molar-refractivity contribution < 1.29 is 14.7 Å². The van der Waals surface area contributed by atoms with E-state index in [1.807, 2.05) is 7.05 Å². The van der Waals surface area contributed by atoms with Crippen LogP contribution in [0.25, 0.3) is 0 Å². The zero-order chi connectivity index (χ0) is 12.3. The highest BCUT2D eigenvalue weighted by Gasteiger charge is 2.28. The molecule has 2 atom stereocenters. The molecule has 0 aromatic heterocycles. The minimum Gasteiger partial charge on any atom is -0.480 e. The first kappa shape index (κ1) is 12.9. The van der Waals surface area contributed by atoms with Crippen LogP contribution in [0.15, 0.2) is 0 Å². The molecule has 0 radical (unpaired) electrons. The largest absolute Gasteiger partial charge is 0.480 e. The van der Waals surface area contributed by atoms with Gasteiger partial charge in [-0.05, 0) is 20.0 Å². The molecule has 1 rings (SSSR count). The van der Waals surface area contributed by atoms with Crippen LogP contribution in [0.3, 0.4) is 0 Å². The molecule has 1 amide bonds. The summed E-state index contributed by atoms with van der Waals surface area (Å²) >= 11 is 0. The molecule has 0 aromatic carbocycles. The number of likely N-dealkylation sites (tertiary alicyclic amines) is 1. The maximum Gasteiger partial charge on any atom is 0.321 e. The fourth-order valence-corrected chi connectivity index (χ4v) is 1.85. The third-order valence-corrected chi connectivity index (χ3v) is 3.02. The van der Waals surface area contributed by atoms with Crippen LogP contribution in [0.1, 0.15) is 12.8 Å². The van der Waals surface area contributed by atoms with E-state index in [9.17, 15) is 9.59 Å². The summed E-state index contributed by atoms with van der Waals surface area (Å²) in [5, 5.41) is 8.62. The number of nitrogens with two attached hydrogens (primary N) is 1. The molecule has 0 saturated carbocycles. The highest BCUT2D eigenvalue weighted by atomic mass is 16.4. The molecule has 1 heterocycles. The lowest BCUT2D eigenvalue weighted by atomic mass is 10.1. The van der Waals surface area contributed by atoms with Gasteiger partial charge in [0, 0.05) is 19.6 Å². The standard InChI is InChI=1S/C10H19N3O3/c1-12-4-3-7(6-12)13(2)9(14)5-8(11)10(15)16/h7-8H,3-6,11H2,1-2H3,(H,15,16). The van der Waals surface area contributed by atoms with Crippen molar-refractivity contribution in [1.29, 1.82) is 0 Å². The highest BCUT2D eigenvalue weighted by molar-refractivity contribution is 5.84. The molecule has 1 fully saturated rings. The number of carboxylic acids is 1. The van der Waals surface area contributed by atoms with Gasteiger partial charge in [-0.25, -0.2) is 0 Å². The molecular weight excluding hydrogens is 210 g/mol. The smallest absolute Gasteiger partial charge is 0.321 e. The fraction of sp³-hybridized carbons (Fsp3) is 0.800. The molecule has 1 aliphatic heterocycles. The van der Waals surface area contributed by atoms with Crippen molar-refractivity contribution in [2.24, 2.45) is 5.73 Å². The van der Waals surface area contributed by atoms with E-state index < -0.39 is 12.0 Å². The molecule has 0 spiro atoms. The summed E-state index contributed by atoms with van der Waals surface area (Å²) in [6.45, 7) is 1.80. The van der Waals surface area contributed by atoms with Gasteiger partial charge in [0.2, 0.25) is 5.91 Å². The van der Waals surface area contributed by atoms with E-state index in [0.717, 1.165) is 19.5 Å². The van der Waals surface area contributed by atoms with E-state index in [4.69, 9.17) is 10.8 Å². The molecule has 92 valence electrons. The Morgan fingerprint density at radius 3 is 2.69 bits per heavy atom. The Labute approximate surface area is 95.0 Å². The van der Waals surface area contributed by atoms with Gasteiger partial charge >= 0.3 is 5.97 Å². The number of nitrogens with zero attached hydrogens (tertiary/aromatic N) is 2. The molecule has 3 N–H and O–H groups in total. The molecule has 1 saturated heterocycles. The fourth-order valence-electron chi connectivity index (χ4n) is 1.85. The summed E-state index contributed by atoms with van der Waals surface area (Å²) in [4.78, 5) is 26.0. The maximum atomic E-state index is 11.7. The second-order valence-corrected chi connectivity index (χ2v) is 4.36. The van der Waals surface area contributed by atoms with Crippen LogP contribution in [-0.4, -0.2) is 66.1 Å². The van der Waals surface area contributed by atoms with E-state index >= 15 is 0 Å². The number of aliphatic carboxylic acids is 1. The van der Waals surface area contributed by atoms with Crippen molar-refractivity contribution in [3.8, 4) is 0 Å². The summed E-state index contributed by atoms with van der Waals surface area (Å²) in [6.07, 6.45) is 0.799. The zero-order valence-electron chi connectivity index (χ0n) is 9.72. The van der Waals surface area contributed by atoms with Crippen molar-refractivity contribution in [2.75, 3.05) is 27.2 Å². The van der Waals surface area contributed by atoms with Crippen molar-refractivity contribution in [2.45, 2.75) is 24.9 Å². The van der Waals surface area contributed by atoms with Gasteiger partial charge < -0.3 is 20.6 Å². The van der Waals surface area contributed by atoms with E-state index in [0.29, 0.717) is 0 Å². The molecule has 16 heavy (non-hydrogen) atoms. The second kappa shape index (κ2) is 5.27. The van der Waals surface area contributed by atoms with E-state index in [1.54, 1.807) is 11.9 Å². The highest BCUT2D eigenvalue weighted by Crippen LogP contribution is 2.13. The predicted molar refractivity (Wildman–Crippen MR) is 58.9 cm³/mol. The van der Waals surface area contributed by atoms with Crippen LogP contribution in [0.5, 0.6) is 0 Å². The van der Waals surface area contributed by atoms with Crippen molar-refractivity contribution in [3.05, 3.63) is 0 Å². The predicted octanol–water partition coefficient (Wildman–Crippen LogP) is -1.05. The Morgan fingerprint density at radius 1 is 1.62 bits per heavy atom. The average molecular weight is 229 g/mol. The lowest BCUT2D eigenvalue weighted by Gasteiger charge is -2.25. The third kappa shape index (κ3) is 3.18. The maximum absolute atomic E-state index is 11.7. The SMILES string of the molecule is CN1CCC(N(C)C(=O)CC(N)C(=O)O)C1. The van der Waals surface area contributed by atoms with Crippen molar-refractivity contribution >= 4 is 11.9 Å². The van der Waals surface area contributed by atoms with Gasteiger partial charge in [0.05, 0.1) is 6.42 Å². The summed E-state index contributed by atoms with van der Waals surface area (Å²) < 4.78 is 0. The van der Waals surface area contributed by atoms with Gasteiger partial charge in [-0.1, -0.05) is 0 Å². The summed E-state index contributed by atoms with van der Waals surface area (Å²) in [5.41, 5.74) is 5.32. The van der Waals surface area contributed by atoms with Crippen LogP contribution in [0, 0.1) is 0 Å². The van der Waals surface area contributed by atoms with E-state index in [2.05, 4.69) is 4.90 Å². The summed E-state index contributed by atoms with van der Waals surface area (Å²) in [7, 11) is 3.71. The number of carbonyl (C=O) groups is 2. The topological polar surface area (TPSA) is 86.9 Å². The van der Waals surface area contributed by atoms with E-state index in [-0.39, 0.29) is 18.4 Å². The Kier molecular flexibility index (Phi) is 4.26. The number of likely N-dealkylation sites (N-methyl/N-ethyl adjacent to an activating group) is 2. The van der Waals surface area contributed by atoms with Crippen LogP contribution in [0.4, 0.5) is 0 Å². The average Bonchev–Trinajstić information content (AvgIpc) is 2.63. The zero-order valence-corrected chi connectivity index (χ0v) is 9.72. The number of amides is 1. The molecular formula is C10H19N3O3. The first-order chi connectivity index (χ1) is 7.41. The quantitative estimate of drug-likeness (QED) is 0.642. The molecule has 0 aromatic rings. The minimum absolute atomic E-state index is 0.133. The summed E-state index contributed by atoms with van der Waals surface area (Å²) in [5.74, 6) is -1.33. The molecule has 6 heteroatoms. The van der Waals surface area contributed by atoms with Gasteiger partial charge in [0.25, 0.3) is 0 Å². The van der Waals surface area contributed by atoms with Crippen LogP contribution < -0.4 is 5.73 Å². The van der Waals surface area contributed by atoms with Crippen molar-refractivity contribution in [3.63, 3.8) is 0 Å². The number of carboxylic acid groups (broad SMARTS) is 1. The van der Waals surface area contributed by atoms with Crippen molar-refractivity contribution in [1.82, 2.24) is 9.80 Å². The Hall–Kier alpha value is -1.14. The van der Waals surface area contributed by atoms with Crippen LogP contribution >= 0.6 is 0 Å². The Morgan fingerprint density at radius 2 is 2.25 bits per heavy atom. The molecule has 0 aliphatic carbocycles. The lowest BCUT2D eigenvalue weighted by molar-refractivity contribution is -0.142. The molecule has 6 nitrogen and oxygen atoms in total. The first-order valence-corrected chi connectivity index (χ1v) is 5.34. The first-order valence-electron chi connectivity index (χ1n) is 5.34. The van der Waals surface area contributed by atoms with Gasteiger partial charge in [-0.2, -0.15) is 0 Å². The van der Waals surface area contributed by atoms with Gasteiger partial charge in [-0.15, -0.1) is 0 Å². The second-order valence-electron chi connectivity index (χ2n) is 4.36. The molecule has 0 bridgehead atoms.